The van der Waals surface area contributed by atoms with Crippen LogP contribution in [0.5, 0.6) is 5.75 Å². The summed E-state index contributed by atoms with van der Waals surface area (Å²) in [5.74, 6) is 0.485. The third-order valence-electron chi connectivity index (χ3n) is 5.75. The third kappa shape index (κ3) is 7.36. The molecule has 1 aromatic carbocycles. The number of hydrogen-bond donors (Lipinski definition) is 1. The van der Waals surface area contributed by atoms with E-state index in [1.165, 1.54) is 5.57 Å². The molecule has 5 nitrogen and oxygen atoms in total. The Kier molecular flexibility index (Phi) is 9.37. The predicted octanol–water partition coefficient (Wildman–Crippen LogP) is 5.85. The molecule has 0 saturated heterocycles. The van der Waals surface area contributed by atoms with E-state index in [1.807, 2.05) is 24.3 Å². The van der Waals surface area contributed by atoms with Crippen molar-refractivity contribution in [1.29, 1.82) is 0 Å². The number of allylic oxidation sites excluding steroid dienone is 3. The molecule has 0 amide bonds. The first-order valence-corrected chi connectivity index (χ1v) is 12.1. The molecular formula is C28H37NO4. The van der Waals surface area contributed by atoms with E-state index in [9.17, 15) is 9.90 Å². The highest BCUT2D eigenvalue weighted by Gasteiger charge is 2.21. The molecule has 178 valence electrons. The van der Waals surface area contributed by atoms with Gasteiger partial charge in [-0.15, -0.1) is 0 Å². The molecule has 1 aromatic rings. The van der Waals surface area contributed by atoms with Crippen LogP contribution in [0.25, 0.3) is 5.57 Å². The molecule has 1 aliphatic carbocycles. The molecule has 1 aliphatic heterocycles. The van der Waals surface area contributed by atoms with Gasteiger partial charge in [-0.25, -0.2) is 4.79 Å². The number of hydrogen-bond acceptors (Lipinski definition) is 4. The van der Waals surface area contributed by atoms with Gasteiger partial charge >= 0.3 is 5.97 Å². The second-order valence-corrected chi connectivity index (χ2v) is 8.99. The van der Waals surface area contributed by atoms with Crippen LogP contribution < -0.4 is 4.74 Å². The molecule has 0 radical (unpaired) electrons. The fourth-order valence-corrected chi connectivity index (χ4v) is 4.11. The summed E-state index contributed by atoms with van der Waals surface area (Å²) < 4.78 is 11.3. The number of benzene rings is 1. The summed E-state index contributed by atoms with van der Waals surface area (Å²) in [7, 11) is 0. The molecule has 0 bridgehead atoms. The van der Waals surface area contributed by atoms with Gasteiger partial charge in [-0.3, -0.25) is 0 Å². The van der Waals surface area contributed by atoms with Crippen molar-refractivity contribution in [2.75, 3.05) is 32.9 Å². The Labute approximate surface area is 198 Å². The second kappa shape index (κ2) is 12.4. The summed E-state index contributed by atoms with van der Waals surface area (Å²) in [6.45, 7) is 10.3. The van der Waals surface area contributed by atoms with Crippen molar-refractivity contribution in [2.24, 2.45) is 5.92 Å². The molecule has 0 aromatic heterocycles. The number of carboxylic acids is 1. The zero-order valence-electron chi connectivity index (χ0n) is 20.2. The lowest BCUT2D eigenvalue weighted by Gasteiger charge is -2.33. The van der Waals surface area contributed by atoms with Gasteiger partial charge in [0.1, 0.15) is 12.4 Å². The highest BCUT2D eigenvalue weighted by atomic mass is 16.5. The number of carboxylic acid groups (broad SMARTS) is 1. The largest absolute Gasteiger partial charge is 0.491 e. The first-order valence-electron chi connectivity index (χ1n) is 12.1. The van der Waals surface area contributed by atoms with Gasteiger partial charge in [0.15, 0.2) is 0 Å². The zero-order chi connectivity index (χ0) is 23.6. The lowest BCUT2D eigenvalue weighted by Crippen LogP contribution is -2.30. The minimum Gasteiger partial charge on any atom is -0.491 e. The number of carbonyl (C=O) groups is 1. The quantitative estimate of drug-likeness (QED) is 0.428. The van der Waals surface area contributed by atoms with E-state index in [0.29, 0.717) is 24.7 Å². The first kappa shape index (κ1) is 24.8. The Morgan fingerprint density at radius 1 is 1.09 bits per heavy atom. The highest BCUT2D eigenvalue weighted by Crippen LogP contribution is 2.34. The maximum atomic E-state index is 11.7. The Morgan fingerprint density at radius 3 is 2.58 bits per heavy atom. The van der Waals surface area contributed by atoms with Gasteiger partial charge in [-0.1, -0.05) is 51.5 Å². The number of nitrogens with zero attached hydrogens (tertiary/aromatic N) is 1. The molecule has 0 atom stereocenters. The smallest absolute Gasteiger partial charge is 0.335 e. The van der Waals surface area contributed by atoms with E-state index in [-0.39, 0.29) is 0 Å². The SMILES string of the molecule is CCCCOCCOc1ccc(C2=CC3=CC(C(=O)O)=CCCN(CC(C)C)C3=CC2)cc1. The van der Waals surface area contributed by atoms with Crippen LogP contribution in [0.3, 0.4) is 0 Å². The third-order valence-corrected chi connectivity index (χ3v) is 5.75. The maximum absolute atomic E-state index is 11.7. The van der Waals surface area contributed by atoms with Crippen molar-refractivity contribution in [1.82, 2.24) is 4.90 Å². The Morgan fingerprint density at radius 2 is 1.88 bits per heavy atom. The summed E-state index contributed by atoms with van der Waals surface area (Å²) in [4.78, 5) is 14.1. The van der Waals surface area contributed by atoms with Crippen LogP contribution in [-0.2, 0) is 9.53 Å². The van der Waals surface area contributed by atoms with Crippen LogP contribution in [0.1, 0.15) is 52.0 Å². The van der Waals surface area contributed by atoms with Crippen molar-refractivity contribution in [3.63, 3.8) is 0 Å². The van der Waals surface area contributed by atoms with Crippen LogP contribution >= 0.6 is 0 Å². The molecule has 1 heterocycles. The molecule has 0 spiro atoms. The van der Waals surface area contributed by atoms with Crippen molar-refractivity contribution in [3.8, 4) is 5.75 Å². The molecule has 2 aliphatic rings. The van der Waals surface area contributed by atoms with E-state index in [4.69, 9.17) is 9.47 Å². The minimum absolute atomic E-state index is 0.363. The van der Waals surface area contributed by atoms with E-state index in [2.05, 4.69) is 50.0 Å². The van der Waals surface area contributed by atoms with Gasteiger partial charge in [-0.05, 0) is 66.2 Å². The topological polar surface area (TPSA) is 59.0 Å². The lowest BCUT2D eigenvalue weighted by atomic mass is 9.90. The van der Waals surface area contributed by atoms with Gasteiger partial charge in [0, 0.05) is 25.4 Å². The van der Waals surface area contributed by atoms with Crippen molar-refractivity contribution in [2.45, 2.75) is 46.5 Å². The molecule has 0 saturated carbocycles. The molecule has 5 heteroatoms. The predicted molar refractivity (Wildman–Crippen MR) is 133 cm³/mol. The highest BCUT2D eigenvalue weighted by molar-refractivity contribution is 5.91. The molecule has 33 heavy (non-hydrogen) atoms. The molecule has 0 unspecified atom stereocenters. The Balaban J connectivity index is 1.73. The summed E-state index contributed by atoms with van der Waals surface area (Å²) >= 11 is 0. The van der Waals surface area contributed by atoms with Gasteiger partial charge in [0.05, 0.1) is 12.2 Å². The van der Waals surface area contributed by atoms with Gasteiger partial charge < -0.3 is 19.5 Å². The summed E-state index contributed by atoms with van der Waals surface area (Å²) in [5, 5.41) is 9.61. The molecule has 1 N–H and O–H groups in total. The first-order chi connectivity index (χ1) is 16.0. The Bertz CT molecular complexity index is 922. The number of fused-ring (bicyclic) bond motifs is 1. The molecule has 3 rings (SSSR count). The normalized spacial score (nSPS) is 16.2. The number of ether oxygens (including phenoxy) is 2. The number of aliphatic carboxylic acids is 1. The average Bonchev–Trinajstić information content (AvgIpc) is 2.78. The fourth-order valence-electron chi connectivity index (χ4n) is 4.11. The molecule has 0 fully saturated rings. The summed E-state index contributed by atoms with van der Waals surface area (Å²) in [6.07, 6.45) is 11.8. The number of rotatable bonds is 11. The van der Waals surface area contributed by atoms with Crippen LogP contribution in [0.2, 0.25) is 0 Å². The zero-order valence-corrected chi connectivity index (χ0v) is 20.2. The van der Waals surface area contributed by atoms with Gasteiger partial charge in [0.25, 0.3) is 0 Å². The van der Waals surface area contributed by atoms with Crippen LogP contribution in [-0.4, -0.2) is 48.9 Å². The second-order valence-electron chi connectivity index (χ2n) is 8.99. The maximum Gasteiger partial charge on any atom is 0.335 e. The van der Waals surface area contributed by atoms with Crippen molar-refractivity contribution in [3.05, 3.63) is 71.0 Å². The van der Waals surface area contributed by atoms with E-state index < -0.39 is 5.97 Å². The fraction of sp³-hybridized carbons (Fsp3) is 0.464. The lowest BCUT2D eigenvalue weighted by molar-refractivity contribution is -0.132. The van der Waals surface area contributed by atoms with E-state index in [0.717, 1.165) is 68.0 Å². The summed E-state index contributed by atoms with van der Waals surface area (Å²) in [6, 6.07) is 8.12. The van der Waals surface area contributed by atoms with Crippen molar-refractivity contribution < 1.29 is 19.4 Å². The van der Waals surface area contributed by atoms with E-state index in [1.54, 1.807) is 0 Å². The van der Waals surface area contributed by atoms with E-state index >= 15 is 0 Å². The van der Waals surface area contributed by atoms with Crippen molar-refractivity contribution >= 4 is 11.5 Å². The van der Waals surface area contributed by atoms with Crippen LogP contribution in [0.4, 0.5) is 0 Å². The standard InChI is InChI=1S/C28H37NO4/c1-4-5-15-32-16-17-33-26-11-8-22(9-12-26)23-10-13-27-25(18-23)19-24(28(30)31)7-6-14-29(27)20-21(2)3/h7-9,11-13,18-19,21H,4-6,10,14-17,20H2,1-3H3,(H,30,31). The molecular weight excluding hydrogens is 414 g/mol. The van der Waals surface area contributed by atoms with Gasteiger partial charge in [0.2, 0.25) is 0 Å². The Hall–Kier alpha value is -2.79. The number of unbranched alkanes of at least 4 members (excludes halogenated alkanes) is 1. The van der Waals surface area contributed by atoms with Crippen LogP contribution in [0, 0.1) is 5.92 Å². The van der Waals surface area contributed by atoms with Crippen LogP contribution in [0.15, 0.2) is 65.4 Å². The van der Waals surface area contributed by atoms with Gasteiger partial charge in [-0.2, -0.15) is 0 Å². The average molecular weight is 452 g/mol. The minimum atomic E-state index is -0.875. The summed E-state index contributed by atoms with van der Waals surface area (Å²) in [5.41, 5.74) is 4.77. The monoisotopic (exact) mass is 451 g/mol.